The lowest BCUT2D eigenvalue weighted by atomic mass is 9.89. The van der Waals surface area contributed by atoms with Crippen LogP contribution in [0.3, 0.4) is 0 Å². The van der Waals surface area contributed by atoms with Gasteiger partial charge in [0.25, 0.3) is 10.1 Å². The van der Waals surface area contributed by atoms with E-state index >= 15 is 0 Å². The van der Waals surface area contributed by atoms with Crippen molar-refractivity contribution < 1.29 is 31.7 Å². The second kappa shape index (κ2) is 8.76. The number of ether oxygens (including phenoxy) is 2. The van der Waals surface area contributed by atoms with Crippen LogP contribution >= 0.6 is 0 Å². The molecule has 1 aromatic rings. The minimum Gasteiger partial charge on any atom is -0.467 e. The van der Waals surface area contributed by atoms with Gasteiger partial charge in [-0.05, 0) is 12.5 Å². The molecule has 3 unspecified atom stereocenters. The fourth-order valence-corrected chi connectivity index (χ4v) is 2.70. The third-order valence-corrected chi connectivity index (χ3v) is 3.73. The van der Waals surface area contributed by atoms with Gasteiger partial charge in [0.05, 0.1) is 20.0 Å². The molecule has 134 valence electrons. The van der Waals surface area contributed by atoms with Gasteiger partial charge in [-0.25, -0.2) is 4.79 Å². The van der Waals surface area contributed by atoms with E-state index in [4.69, 9.17) is 14.7 Å². The van der Waals surface area contributed by atoms with E-state index in [0.717, 1.165) is 13.4 Å². The van der Waals surface area contributed by atoms with E-state index in [0.29, 0.717) is 5.56 Å². The average molecular weight is 359 g/mol. The summed E-state index contributed by atoms with van der Waals surface area (Å²) in [4.78, 5) is 24.3. The van der Waals surface area contributed by atoms with Crippen LogP contribution in [-0.2, 0) is 33.4 Å². The first-order valence-corrected chi connectivity index (χ1v) is 8.96. The summed E-state index contributed by atoms with van der Waals surface area (Å²) in [5, 5.41) is 0. The summed E-state index contributed by atoms with van der Waals surface area (Å²) in [6.07, 6.45) is -0.988. The van der Waals surface area contributed by atoms with Crippen LogP contribution in [0.25, 0.3) is 0 Å². The van der Waals surface area contributed by atoms with E-state index in [1.54, 1.807) is 37.3 Å². The van der Waals surface area contributed by atoms with Gasteiger partial charge in [0, 0.05) is 6.04 Å². The molecule has 1 aromatic carbocycles. The largest absolute Gasteiger partial charge is 0.467 e. The Labute approximate surface area is 141 Å². The molecule has 0 aliphatic carbocycles. The van der Waals surface area contributed by atoms with Crippen LogP contribution in [-0.4, -0.2) is 46.4 Å². The third-order valence-electron chi connectivity index (χ3n) is 3.17. The fourth-order valence-electron chi connectivity index (χ4n) is 2.13. The number of benzene rings is 1. The molecule has 2 N–H and O–H groups in total. The van der Waals surface area contributed by atoms with E-state index < -0.39 is 40.1 Å². The Bertz CT molecular complexity index is 660. The molecule has 3 atom stereocenters. The van der Waals surface area contributed by atoms with Crippen molar-refractivity contribution in [3.8, 4) is 0 Å². The molecule has 0 bridgehead atoms. The van der Waals surface area contributed by atoms with Gasteiger partial charge in [0.1, 0.15) is 5.92 Å². The number of rotatable bonds is 8. The smallest absolute Gasteiger partial charge is 0.337 e. The van der Waals surface area contributed by atoms with Crippen molar-refractivity contribution in [2.75, 3.05) is 20.0 Å². The lowest BCUT2D eigenvalue weighted by Gasteiger charge is -2.27. The molecule has 9 heteroatoms. The summed E-state index contributed by atoms with van der Waals surface area (Å²) in [5.74, 6) is -3.28. The number of nitrogens with two attached hydrogens (primary N) is 1. The van der Waals surface area contributed by atoms with E-state index in [1.165, 1.54) is 0 Å². The molecule has 0 amide bonds. The molecule has 0 saturated heterocycles. The van der Waals surface area contributed by atoms with Crippen molar-refractivity contribution >= 4 is 22.1 Å². The van der Waals surface area contributed by atoms with E-state index in [-0.39, 0.29) is 6.61 Å². The number of hydrogen-bond donors (Lipinski definition) is 1. The van der Waals surface area contributed by atoms with Crippen LogP contribution in [0.5, 0.6) is 0 Å². The third kappa shape index (κ3) is 5.59. The van der Waals surface area contributed by atoms with Gasteiger partial charge in [-0.2, -0.15) is 8.42 Å². The van der Waals surface area contributed by atoms with Gasteiger partial charge in [0.2, 0.25) is 0 Å². The highest BCUT2D eigenvalue weighted by atomic mass is 32.2. The molecule has 8 nitrogen and oxygen atoms in total. The van der Waals surface area contributed by atoms with Crippen LogP contribution in [0.1, 0.15) is 18.5 Å². The van der Waals surface area contributed by atoms with Crippen LogP contribution in [0.15, 0.2) is 30.3 Å². The Kier molecular flexibility index (Phi) is 7.33. The van der Waals surface area contributed by atoms with Gasteiger partial charge in [-0.3, -0.25) is 8.98 Å². The maximum atomic E-state index is 12.3. The normalized spacial score (nSPS) is 15.2. The zero-order chi connectivity index (χ0) is 18.3. The molecular weight excluding hydrogens is 338 g/mol. The first-order chi connectivity index (χ1) is 11.2. The lowest BCUT2D eigenvalue weighted by molar-refractivity contribution is -0.163. The number of methoxy groups -OCH3 is 1. The second-order valence-electron chi connectivity index (χ2n) is 4.96. The minimum atomic E-state index is -4.05. The van der Waals surface area contributed by atoms with Crippen LogP contribution in [0, 0.1) is 5.92 Å². The molecular formula is C15H21NO7S. The Hall–Kier alpha value is -1.97. The van der Waals surface area contributed by atoms with E-state index in [1.807, 2.05) is 0 Å². The molecule has 0 aliphatic rings. The summed E-state index contributed by atoms with van der Waals surface area (Å²) in [6.45, 7) is 1.61. The highest BCUT2D eigenvalue weighted by molar-refractivity contribution is 7.86. The summed E-state index contributed by atoms with van der Waals surface area (Å²) < 4.78 is 37.2. The standard InChI is InChI=1S/C15H21NO7S/c1-4-22-14(17)11(12(16)10-8-6-5-7-9-10)13(15(18)21-2)23-24(3,19)20/h5-9,11-13H,4,16H2,1-3H3. The molecule has 0 spiro atoms. The highest BCUT2D eigenvalue weighted by Gasteiger charge is 2.43. The minimum absolute atomic E-state index is 0.0314. The predicted molar refractivity (Wildman–Crippen MR) is 85.2 cm³/mol. The Morgan fingerprint density at radius 2 is 1.75 bits per heavy atom. The van der Waals surface area contributed by atoms with Crippen LogP contribution < -0.4 is 5.73 Å². The summed E-state index contributed by atoms with van der Waals surface area (Å²) >= 11 is 0. The quantitative estimate of drug-likeness (QED) is 0.522. The number of carbonyl (C=O) groups excluding carboxylic acids is 2. The molecule has 0 aliphatic heterocycles. The molecule has 0 saturated carbocycles. The number of carbonyl (C=O) groups is 2. The maximum absolute atomic E-state index is 12.3. The van der Waals surface area contributed by atoms with Crippen LogP contribution in [0.4, 0.5) is 0 Å². The van der Waals surface area contributed by atoms with Gasteiger partial charge < -0.3 is 15.2 Å². The molecule has 1 rings (SSSR count). The Morgan fingerprint density at radius 3 is 2.21 bits per heavy atom. The first-order valence-electron chi connectivity index (χ1n) is 7.14. The predicted octanol–water partition coefficient (Wildman–Crippen LogP) is 0.384. The maximum Gasteiger partial charge on any atom is 0.337 e. The van der Waals surface area contributed by atoms with Gasteiger partial charge in [-0.1, -0.05) is 30.3 Å². The SMILES string of the molecule is CCOC(=O)C(C(OS(C)(=O)=O)C(=O)OC)C(N)c1ccccc1. The van der Waals surface area contributed by atoms with Gasteiger partial charge in [0.15, 0.2) is 6.10 Å². The molecule has 0 fully saturated rings. The Balaban J connectivity index is 3.31. The lowest BCUT2D eigenvalue weighted by Crippen LogP contribution is -2.45. The van der Waals surface area contributed by atoms with Crippen molar-refractivity contribution in [3.63, 3.8) is 0 Å². The van der Waals surface area contributed by atoms with Crippen molar-refractivity contribution in [1.82, 2.24) is 0 Å². The van der Waals surface area contributed by atoms with Crippen LogP contribution in [0.2, 0.25) is 0 Å². The van der Waals surface area contributed by atoms with Gasteiger partial charge in [-0.15, -0.1) is 0 Å². The average Bonchev–Trinajstić information content (AvgIpc) is 2.53. The molecule has 0 aromatic heterocycles. The summed E-state index contributed by atoms with van der Waals surface area (Å²) in [6, 6.07) is 7.40. The van der Waals surface area contributed by atoms with Crippen molar-refractivity contribution in [3.05, 3.63) is 35.9 Å². The van der Waals surface area contributed by atoms with Gasteiger partial charge >= 0.3 is 11.9 Å². The Morgan fingerprint density at radius 1 is 1.17 bits per heavy atom. The molecule has 24 heavy (non-hydrogen) atoms. The number of hydrogen-bond acceptors (Lipinski definition) is 8. The first kappa shape index (κ1) is 20.1. The molecule has 0 radical (unpaired) electrons. The fraction of sp³-hybridized carbons (Fsp3) is 0.467. The van der Waals surface area contributed by atoms with Crippen molar-refractivity contribution in [1.29, 1.82) is 0 Å². The monoisotopic (exact) mass is 359 g/mol. The number of esters is 2. The second-order valence-corrected chi connectivity index (χ2v) is 6.56. The zero-order valence-electron chi connectivity index (χ0n) is 13.7. The summed E-state index contributed by atoms with van der Waals surface area (Å²) in [5.41, 5.74) is 6.61. The van der Waals surface area contributed by atoms with E-state index in [9.17, 15) is 18.0 Å². The highest BCUT2D eigenvalue weighted by Crippen LogP contribution is 2.27. The van der Waals surface area contributed by atoms with E-state index in [2.05, 4.69) is 4.74 Å². The van der Waals surface area contributed by atoms with Crippen molar-refractivity contribution in [2.45, 2.75) is 19.1 Å². The summed E-state index contributed by atoms with van der Waals surface area (Å²) in [7, 11) is -3.00. The topological polar surface area (TPSA) is 122 Å². The molecule has 0 heterocycles. The zero-order valence-corrected chi connectivity index (χ0v) is 14.5. The van der Waals surface area contributed by atoms with Crippen molar-refractivity contribution in [2.24, 2.45) is 11.7 Å².